The Bertz CT molecular complexity index is 385. The predicted molar refractivity (Wildman–Crippen MR) is 60.6 cm³/mol. The minimum atomic E-state index is -0.110. The molecule has 80 valence electrons. The number of benzene rings is 1. The fourth-order valence-electron chi connectivity index (χ4n) is 1.45. The standard InChI is InChI=1S/C12H14ClNO/c1-12(6-7-12)11(15)14-8-9-4-2-3-5-10(9)13/h2-5H,6-8H2,1H3,(H,14,15). The van der Waals surface area contributed by atoms with Gasteiger partial charge in [0.25, 0.3) is 0 Å². The molecule has 0 spiro atoms. The van der Waals surface area contributed by atoms with E-state index in [-0.39, 0.29) is 11.3 Å². The number of nitrogens with one attached hydrogen (secondary N) is 1. The van der Waals surface area contributed by atoms with Crippen LogP contribution in [0, 0.1) is 5.41 Å². The number of rotatable bonds is 3. The highest BCUT2D eigenvalue weighted by Crippen LogP contribution is 2.45. The Hall–Kier alpha value is -1.02. The summed E-state index contributed by atoms with van der Waals surface area (Å²) in [5, 5.41) is 3.63. The molecular formula is C12H14ClNO. The topological polar surface area (TPSA) is 29.1 Å². The van der Waals surface area contributed by atoms with E-state index in [1.54, 1.807) is 0 Å². The van der Waals surface area contributed by atoms with E-state index >= 15 is 0 Å². The SMILES string of the molecule is CC1(C(=O)NCc2ccccc2Cl)CC1. The third kappa shape index (κ3) is 2.32. The summed E-state index contributed by atoms with van der Waals surface area (Å²) in [6, 6.07) is 7.57. The molecule has 3 heteroatoms. The molecule has 1 saturated carbocycles. The van der Waals surface area contributed by atoms with Crippen molar-refractivity contribution in [2.24, 2.45) is 5.41 Å². The minimum absolute atomic E-state index is 0.110. The Morgan fingerprint density at radius 1 is 1.47 bits per heavy atom. The van der Waals surface area contributed by atoms with Crippen LogP contribution in [0.3, 0.4) is 0 Å². The number of hydrogen-bond acceptors (Lipinski definition) is 1. The van der Waals surface area contributed by atoms with Crippen molar-refractivity contribution in [1.82, 2.24) is 5.32 Å². The maximum atomic E-state index is 11.7. The first kappa shape index (κ1) is 10.5. The van der Waals surface area contributed by atoms with Gasteiger partial charge in [-0.3, -0.25) is 4.79 Å². The first-order chi connectivity index (χ1) is 7.12. The van der Waals surface area contributed by atoms with Crippen LogP contribution in [0.1, 0.15) is 25.3 Å². The molecule has 1 fully saturated rings. The zero-order valence-electron chi connectivity index (χ0n) is 8.72. The number of halogens is 1. The van der Waals surface area contributed by atoms with Crippen molar-refractivity contribution < 1.29 is 4.79 Å². The van der Waals surface area contributed by atoms with Crippen LogP contribution in [0.25, 0.3) is 0 Å². The molecule has 1 amide bonds. The molecule has 0 heterocycles. The molecule has 1 aliphatic carbocycles. The second kappa shape index (κ2) is 3.86. The lowest BCUT2D eigenvalue weighted by Gasteiger charge is -2.10. The fraction of sp³-hybridized carbons (Fsp3) is 0.417. The summed E-state index contributed by atoms with van der Waals surface area (Å²) in [6.45, 7) is 2.52. The molecule has 1 aromatic rings. The van der Waals surface area contributed by atoms with Crippen LogP contribution in [0.5, 0.6) is 0 Å². The molecule has 0 radical (unpaired) electrons. The summed E-state index contributed by atoms with van der Waals surface area (Å²) >= 11 is 5.99. The lowest BCUT2D eigenvalue weighted by molar-refractivity contribution is -0.125. The summed E-state index contributed by atoms with van der Waals surface area (Å²) in [5.74, 6) is 0.141. The van der Waals surface area contributed by atoms with Crippen molar-refractivity contribution in [3.8, 4) is 0 Å². The maximum Gasteiger partial charge on any atom is 0.226 e. The van der Waals surface area contributed by atoms with Gasteiger partial charge in [0.2, 0.25) is 5.91 Å². The van der Waals surface area contributed by atoms with E-state index in [0.717, 1.165) is 18.4 Å². The van der Waals surface area contributed by atoms with E-state index < -0.39 is 0 Å². The summed E-state index contributed by atoms with van der Waals surface area (Å²) in [6.07, 6.45) is 2.00. The molecule has 1 N–H and O–H groups in total. The van der Waals surface area contributed by atoms with Gasteiger partial charge in [0.05, 0.1) is 0 Å². The molecule has 15 heavy (non-hydrogen) atoms. The molecule has 0 aliphatic heterocycles. The Morgan fingerprint density at radius 2 is 2.13 bits per heavy atom. The second-order valence-corrected chi connectivity index (χ2v) is 4.74. The van der Waals surface area contributed by atoms with Gasteiger partial charge in [-0.15, -0.1) is 0 Å². The molecule has 1 aromatic carbocycles. The van der Waals surface area contributed by atoms with Gasteiger partial charge in [0.1, 0.15) is 0 Å². The van der Waals surface area contributed by atoms with Crippen LogP contribution in [-0.4, -0.2) is 5.91 Å². The van der Waals surface area contributed by atoms with Gasteiger partial charge in [-0.25, -0.2) is 0 Å². The average Bonchev–Trinajstić information content (AvgIpc) is 2.96. The molecule has 0 aromatic heterocycles. The normalized spacial score (nSPS) is 17.2. The number of carbonyl (C=O) groups is 1. The van der Waals surface area contributed by atoms with Gasteiger partial charge in [-0.1, -0.05) is 36.7 Å². The molecule has 2 nitrogen and oxygen atoms in total. The highest BCUT2D eigenvalue weighted by atomic mass is 35.5. The summed E-state index contributed by atoms with van der Waals surface area (Å²) < 4.78 is 0. The van der Waals surface area contributed by atoms with Crippen LogP contribution < -0.4 is 5.32 Å². The Morgan fingerprint density at radius 3 is 2.73 bits per heavy atom. The van der Waals surface area contributed by atoms with Crippen molar-refractivity contribution in [2.75, 3.05) is 0 Å². The molecule has 0 unspecified atom stereocenters. The van der Waals surface area contributed by atoms with Gasteiger partial charge in [0.15, 0.2) is 0 Å². The molecule has 2 rings (SSSR count). The zero-order chi connectivity index (χ0) is 10.9. The van der Waals surface area contributed by atoms with Crippen molar-refractivity contribution in [3.63, 3.8) is 0 Å². The van der Waals surface area contributed by atoms with E-state index in [0.29, 0.717) is 11.6 Å². The van der Waals surface area contributed by atoms with Gasteiger partial charge in [0, 0.05) is 17.0 Å². The molecule has 1 aliphatic rings. The number of carbonyl (C=O) groups excluding carboxylic acids is 1. The Balaban J connectivity index is 1.93. The number of amides is 1. The molecular weight excluding hydrogens is 210 g/mol. The van der Waals surface area contributed by atoms with Crippen molar-refractivity contribution in [1.29, 1.82) is 0 Å². The Kier molecular flexibility index (Phi) is 2.70. The molecule has 0 bridgehead atoms. The quantitative estimate of drug-likeness (QED) is 0.839. The summed E-state index contributed by atoms with van der Waals surface area (Å²) in [4.78, 5) is 11.7. The first-order valence-corrected chi connectivity index (χ1v) is 5.51. The third-order valence-corrected chi connectivity index (χ3v) is 3.31. The first-order valence-electron chi connectivity index (χ1n) is 5.13. The average molecular weight is 224 g/mol. The van der Waals surface area contributed by atoms with Gasteiger partial charge in [-0.05, 0) is 24.5 Å². The second-order valence-electron chi connectivity index (χ2n) is 4.33. The van der Waals surface area contributed by atoms with Crippen LogP contribution >= 0.6 is 11.6 Å². The Labute approximate surface area is 94.6 Å². The fourth-order valence-corrected chi connectivity index (χ4v) is 1.65. The van der Waals surface area contributed by atoms with Crippen LogP contribution in [-0.2, 0) is 11.3 Å². The van der Waals surface area contributed by atoms with Gasteiger partial charge >= 0.3 is 0 Å². The zero-order valence-corrected chi connectivity index (χ0v) is 9.47. The molecule has 0 atom stereocenters. The summed E-state index contributed by atoms with van der Waals surface area (Å²) in [7, 11) is 0. The van der Waals surface area contributed by atoms with E-state index in [4.69, 9.17) is 11.6 Å². The predicted octanol–water partition coefficient (Wildman–Crippen LogP) is 2.76. The van der Waals surface area contributed by atoms with Crippen molar-refractivity contribution >= 4 is 17.5 Å². The van der Waals surface area contributed by atoms with Crippen molar-refractivity contribution in [2.45, 2.75) is 26.3 Å². The van der Waals surface area contributed by atoms with E-state index in [2.05, 4.69) is 5.32 Å². The number of hydrogen-bond donors (Lipinski definition) is 1. The van der Waals surface area contributed by atoms with E-state index in [1.807, 2.05) is 31.2 Å². The van der Waals surface area contributed by atoms with Crippen LogP contribution in [0.15, 0.2) is 24.3 Å². The van der Waals surface area contributed by atoms with Crippen molar-refractivity contribution in [3.05, 3.63) is 34.9 Å². The highest BCUT2D eigenvalue weighted by molar-refractivity contribution is 6.31. The monoisotopic (exact) mass is 223 g/mol. The third-order valence-electron chi connectivity index (χ3n) is 2.95. The molecule has 0 saturated heterocycles. The van der Waals surface area contributed by atoms with Crippen LogP contribution in [0.4, 0.5) is 0 Å². The van der Waals surface area contributed by atoms with Gasteiger partial charge < -0.3 is 5.32 Å². The lowest BCUT2D eigenvalue weighted by Crippen LogP contribution is -2.29. The van der Waals surface area contributed by atoms with Crippen LogP contribution in [0.2, 0.25) is 5.02 Å². The van der Waals surface area contributed by atoms with E-state index in [9.17, 15) is 4.79 Å². The minimum Gasteiger partial charge on any atom is -0.351 e. The maximum absolute atomic E-state index is 11.7. The van der Waals surface area contributed by atoms with Gasteiger partial charge in [-0.2, -0.15) is 0 Å². The lowest BCUT2D eigenvalue weighted by atomic mass is 10.1. The smallest absolute Gasteiger partial charge is 0.226 e. The largest absolute Gasteiger partial charge is 0.351 e. The highest BCUT2D eigenvalue weighted by Gasteiger charge is 2.44. The van der Waals surface area contributed by atoms with E-state index in [1.165, 1.54) is 0 Å². The summed E-state index contributed by atoms with van der Waals surface area (Å²) in [5.41, 5.74) is 0.859.